The molecule has 0 unspecified atom stereocenters. The average Bonchev–Trinajstić information content (AvgIpc) is 2.46. The molecule has 2 rings (SSSR count). The Morgan fingerprint density at radius 3 is 2.61 bits per heavy atom. The van der Waals surface area contributed by atoms with Gasteiger partial charge in [0.2, 0.25) is 5.91 Å². The summed E-state index contributed by atoms with van der Waals surface area (Å²) in [4.78, 5) is 13.9. The van der Waals surface area contributed by atoms with Crippen LogP contribution in [0.4, 0.5) is 0 Å². The third kappa shape index (κ3) is 3.55. The number of hydrogen-bond acceptors (Lipinski definition) is 3. The number of nitrogens with zero attached hydrogens (tertiary/aromatic N) is 1. The van der Waals surface area contributed by atoms with Gasteiger partial charge in [0.05, 0.1) is 19.3 Å². The Bertz CT molecular complexity index is 375. The number of morpholine rings is 1. The zero-order valence-electron chi connectivity index (χ0n) is 10.5. The number of amides is 1. The molecule has 0 radical (unpaired) electrons. The van der Waals surface area contributed by atoms with Gasteiger partial charge in [-0.1, -0.05) is 30.3 Å². The van der Waals surface area contributed by atoms with E-state index in [9.17, 15) is 4.79 Å². The van der Waals surface area contributed by atoms with E-state index >= 15 is 0 Å². The van der Waals surface area contributed by atoms with Crippen molar-refractivity contribution in [2.24, 2.45) is 5.73 Å². The minimum atomic E-state index is -0.400. The molecule has 1 amide bonds. The number of benzene rings is 1. The van der Waals surface area contributed by atoms with Gasteiger partial charge in [0, 0.05) is 13.1 Å². The van der Waals surface area contributed by atoms with Crippen molar-refractivity contribution in [2.45, 2.75) is 18.9 Å². The van der Waals surface area contributed by atoms with Crippen molar-refractivity contribution in [3.63, 3.8) is 0 Å². The maximum atomic E-state index is 12.1. The highest BCUT2D eigenvalue weighted by atomic mass is 16.5. The fourth-order valence-corrected chi connectivity index (χ4v) is 2.11. The average molecular weight is 248 g/mol. The summed E-state index contributed by atoms with van der Waals surface area (Å²) < 4.78 is 5.22. The van der Waals surface area contributed by atoms with Gasteiger partial charge in [-0.25, -0.2) is 0 Å². The summed E-state index contributed by atoms with van der Waals surface area (Å²) in [6.07, 6.45) is 1.54. The van der Waals surface area contributed by atoms with Gasteiger partial charge in [-0.2, -0.15) is 0 Å². The second-order valence-electron chi connectivity index (χ2n) is 4.57. The number of carbonyl (C=O) groups excluding carboxylic acids is 1. The van der Waals surface area contributed by atoms with Gasteiger partial charge in [-0.05, 0) is 18.4 Å². The van der Waals surface area contributed by atoms with Crippen molar-refractivity contribution < 1.29 is 9.53 Å². The molecule has 1 heterocycles. The highest BCUT2D eigenvalue weighted by Gasteiger charge is 2.22. The fourth-order valence-electron chi connectivity index (χ4n) is 2.11. The lowest BCUT2D eigenvalue weighted by Gasteiger charge is -2.29. The molecular formula is C14H20N2O2. The summed E-state index contributed by atoms with van der Waals surface area (Å²) in [5, 5.41) is 0. The molecule has 0 aromatic heterocycles. The van der Waals surface area contributed by atoms with Crippen LogP contribution in [0.2, 0.25) is 0 Å². The van der Waals surface area contributed by atoms with Crippen LogP contribution in [0.25, 0.3) is 0 Å². The van der Waals surface area contributed by atoms with Crippen LogP contribution in [-0.4, -0.2) is 43.2 Å². The maximum absolute atomic E-state index is 12.1. The van der Waals surface area contributed by atoms with Crippen LogP contribution in [0, 0.1) is 0 Å². The summed E-state index contributed by atoms with van der Waals surface area (Å²) in [5.74, 6) is 0.0502. The number of hydrogen-bond donors (Lipinski definition) is 1. The third-order valence-electron chi connectivity index (χ3n) is 3.23. The highest BCUT2D eigenvalue weighted by Crippen LogP contribution is 2.07. The molecule has 4 heteroatoms. The van der Waals surface area contributed by atoms with E-state index in [0.29, 0.717) is 32.7 Å². The highest BCUT2D eigenvalue weighted by molar-refractivity contribution is 5.81. The Hall–Kier alpha value is -1.39. The first-order valence-corrected chi connectivity index (χ1v) is 6.43. The van der Waals surface area contributed by atoms with E-state index in [0.717, 1.165) is 6.42 Å². The zero-order chi connectivity index (χ0) is 12.8. The minimum absolute atomic E-state index is 0.0502. The van der Waals surface area contributed by atoms with Crippen LogP contribution in [0.1, 0.15) is 12.0 Å². The largest absolute Gasteiger partial charge is 0.378 e. The molecule has 2 N–H and O–H groups in total. The molecular weight excluding hydrogens is 228 g/mol. The molecule has 1 atom stereocenters. The molecule has 0 bridgehead atoms. The zero-order valence-corrected chi connectivity index (χ0v) is 10.5. The predicted octanol–water partition coefficient (Wildman–Crippen LogP) is 0.805. The molecule has 1 aliphatic rings. The van der Waals surface area contributed by atoms with E-state index in [1.54, 1.807) is 4.90 Å². The van der Waals surface area contributed by atoms with Crippen LogP contribution >= 0.6 is 0 Å². The van der Waals surface area contributed by atoms with Crippen molar-refractivity contribution >= 4 is 5.91 Å². The first-order valence-electron chi connectivity index (χ1n) is 6.43. The van der Waals surface area contributed by atoms with Crippen LogP contribution in [0.15, 0.2) is 30.3 Å². The van der Waals surface area contributed by atoms with E-state index in [-0.39, 0.29) is 5.91 Å². The molecule has 18 heavy (non-hydrogen) atoms. The van der Waals surface area contributed by atoms with Gasteiger partial charge in [-0.3, -0.25) is 4.79 Å². The number of aryl methyl sites for hydroxylation is 1. The molecule has 0 saturated carbocycles. The Balaban J connectivity index is 1.80. The molecule has 1 fully saturated rings. The van der Waals surface area contributed by atoms with E-state index in [1.807, 2.05) is 18.2 Å². The van der Waals surface area contributed by atoms with E-state index in [1.165, 1.54) is 5.56 Å². The van der Waals surface area contributed by atoms with Crippen molar-refractivity contribution in [1.29, 1.82) is 0 Å². The number of rotatable bonds is 4. The van der Waals surface area contributed by atoms with Gasteiger partial charge in [0.1, 0.15) is 0 Å². The quantitative estimate of drug-likeness (QED) is 0.857. The summed E-state index contributed by atoms with van der Waals surface area (Å²) in [7, 11) is 0. The fraction of sp³-hybridized carbons (Fsp3) is 0.500. The molecule has 0 spiro atoms. The first kappa shape index (κ1) is 13.1. The van der Waals surface area contributed by atoms with Crippen LogP contribution < -0.4 is 5.73 Å². The Morgan fingerprint density at radius 2 is 1.94 bits per heavy atom. The molecule has 1 aromatic rings. The lowest BCUT2D eigenvalue weighted by Crippen LogP contribution is -2.48. The molecule has 1 saturated heterocycles. The van der Waals surface area contributed by atoms with Crippen molar-refractivity contribution in [1.82, 2.24) is 4.90 Å². The monoisotopic (exact) mass is 248 g/mol. The summed E-state index contributed by atoms with van der Waals surface area (Å²) in [5.41, 5.74) is 7.19. The van der Waals surface area contributed by atoms with E-state index in [4.69, 9.17) is 10.5 Å². The second kappa shape index (κ2) is 6.52. The van der Waals surface area contributed by atoms with Crippen LogP contribution in [0.5, 0.6) is 0 Å². The van der Waals surface area contributed by atoms with Gasteiger partial charge in [0.25, 0.3) is 0 Å². The van der Waals surface area contributed by atoms with E-state index < -0.39 is 6.04 Å². The molecule has 1 aromatic carbocycles. The van der Waals surface area contributed by atoms with Crippen LogP contribution in [-0.2, 0) is 16.0 Å². The Morgan fingerprint density at radius 1 is 1.28 bits per heavy atom. The smallest absolute Gasteiger partial charge is 0.239 e. The normalized spacial score (nSPS) is 17.5. The first-order chi connectivity index (χ1) is 8.77. The van der Waals surface area contributed by atoms with Crippen molar-refractivity contribution in [2.75, 3.05) is 26.3 Å². The maximum Gasteiger partial charge on any atom is 0.239 e. The Labute approximate surface area is 108 Å². The number of ether oxygens (including phenoxy) is 1. The standard InChI is InChI=1S/C14H20N2O2/c15-13(7-6-12-4-2-1-3-5-12)14(17)16-8-10-18-11-9-16/h1-5,13H,6-11,15H2/t13-/m0/s1. The summed E-state index contributed by atoms with van der Waals surface area (Å²) in [6, 6.07) is 9.72. The molecule has 1 aliphatic heterocycles. The Kier molecular flexibility index (Phi) is 4.73. The molecule has 0 aliphatic carbocycles. The van der Waals surface area contributed by atoms with Gasteiger partial charge in [0.15, 0.2) is 0 Å². The van der Waals surface area contributed by atoms with Crippen molar-refractivity contribution in [3.05, 3.63) is 35.9 Å². The van der Waals surface area contributed by atoms with Crippen molar-refractivity contribution in [3.8, 4) is 0 Å². The lowest BCUT2D eigenvalue weighted by atomic mass is 10.0. The number of carbonyl (C=O) groups is 1. The summed E-state index contributed by atoms with van der Waals surface area (Å²) >= 11 is 0. The minimum Gasteiger partial charge on any atom is -0.378 e. The summed E-state index contributed by atoms with van der Waals surface area (Å²) in [6.45, 7) is 2.57. The van der Waals surface area contributed by atoms with Gasteiger partial charge < -0.3 is 15.4 Å². The second-order valence-corrected chi connectivity index (χ2v) is 4.57. The van der Waals surface area contributed by atoms with E-state index in [2.05, 4.69) is 12.1 Å². The van der Waals surface area contributed by atoms with Gasteiger partial charge in [-0.15, -0.1) is 0 Å². The molecule has 4 nitrogen and oxygen atoms in total. The SMILES string of the molecule is N[C@@H](CCc1ccccc1)C(=O)N1CCOCC1. The van der Waals surface area contributed by atoms with Crippen LogP contribution in [0.3, 0.4) is 0 Å². The lowest BCUT2D eigenvalue weighted by molar-refractivity contribution is -0.136. The predicted molar refractivity (Wildman–Crippen MR) is 70.1 cm³/mol. The number of nitrogens with two attached hydrogens (primary N) is 1. The third-order valence-corrected chi connectivity index (χ3v) is 3.23. The van der Waals surface area contributed by atoms with Gasteiger partial charge >= 0.3 is 0 Å². The molecule has 98 valence electrons. The topological polar surface area (TPSA) is 55.6 Å².